The number of rotatable bonds is 5. The van der Waals surface area contributed by atoms with E-state index >= 15 is 0 Å². The van der Waals surface area contributed by atoms with Gasteiger partial charge in [-0.1, -0.05) is 0 Å². The lowest BCUT2D eigenvalue weighted by Crippen LogP contribution is -2.19. The minimum absolute atomic E-state index is 0.140. The molecule has 0 aliphatic carbocycles. The van der Waals surface area contributed by atoms with Crippen LogP contribution in [-0.2, 0) is 4.74 Å². The van der Waals surface area contributed by atoms with Crippen molar-refractivity contribution in [3.63, 3.8) is 0 Å². The fraction of sp³-hybridized carbons (Fsp3) is 0.556. The molecule has 5 heteroatoms. The van der Waals surface area contributed by atoms with Crippen molar-refractivity contribution < 1.29 is 9.47 Å². The molecule has 1 aromatic rings. The van der Waals surface area contributed by atoms with Gasteiger partial charge in [0.15, 0.2) is 5.75 Å². The zero-order chi connectivity index (χ0) is 10.4. The molecule has 0 fully saturated rings. The predicted octanol–water partition coefficient (Wildman–Crippen LogP) is 0.932. The minimum atomic E-state index is 0.140. The van der Waals surface area contributed by atoms with E-state index in [0.29, 0.717) is 18.2 Å². The van der Waals surface area contributed by atoms with Crippen molar-refractivity contribution in [2.75, 3.05) is 26.1 Å². The first-order valence-electron chi connectivity index (χ1n) is 4.39. The molecule has 0 saturated heterocycles. The quantitative estimate of drug-likeness (QED) is 0.761. The Morgan fingerprint density at radius 3 is 2.50 bits per heavy atom. The van der Waals surface area contributed by atoms with Gasteiger partial charge in [-0.05, 0) is 6.92 Å². The van der Waals surface area contributed by atoms with Gasteiger partial charge in [-0.15, -0.1) is 0 Å². The van der Waals surface area contributed by atoms with Crippen molar-refractivity contribution >= 4 is 5.95 Å². The van der Waals surface area contributed by atoms with E-state index in [4.69, 9.17) is 9.47 Å². The Balaban J connectivity index is 2.43. The number of hydrogen-bond donors (Lipinski definition) is 1. The Morgan fingerprint density at radius 1 is 1.36 bits per heavy atom. The van der Waals surface area contributed by atoms with E-state index in [0.717, 1.165) is 0 Å². The maximum Gasteiger partial charge on any atom is 0.222 e. The third kappa shape index (κ3) is 3.18. The van der Waals surface area contributed by atoms with Crippen molar-refractivity contribution in [3.8, 4) is 5.75 Å². The molecule has 1 rings (SSSR count). The molecule has 0 spiro atoms. The van der Waals surface area contributed by atoms with Crippen LogP contribution < -0.4 is 10.1 Å². The van der Waals surface area contributed by atoms with Gasteiger partial charge < -0.3 is 14.8 Å². The third-order valence-electron chi connectivity index (χ3n) is 1.81. The molecule has 1 heterocycles. The van der Waals surface area contributed by atoms with E-state index in [9.17, 15) is 0 Å². The number of aromatic nitrogens is 2. The smallest absolute Gasteiger partial charge is 0.222 e. The monoisotopic (exact) mass is 197 g/mol. The topological polar surface area (TPSA) is 56.3 Å². The Kier molecular flexibility index (Phi) is 4.12. The van der Waals surface area contributed by atoms with Crippen LogP contribution in [-0.4, -0.2) is 36.8 Å². The van der Waals surface area contributed by atoms with Crippen LogP contribution in [0.2, 0.25) is 0 Å². The molecular weight excluding hydrogens is 182 g/mol. The second-order valence-electron chi connectivity index (χ2n) is 2.87. The van der Waals surface area contributed by atoms with Crippen molar-refractivity contribution in [1.82, 2.24) is 9.97 Å². The van der Waals surface area contributed by atoms with Crippen LogP contribution in [0.5, 0.6) is 5.75 Å². The van der Waals surface area contributed by atoms with Crippen molar-refractivity contribution in [2.45, 2.75) is 13.0 Å². The number of nitrogens with zero attached hydrogens (tertiary/aromatic N) is 2. The fourth-order valence-electron chi connectivity index (χ4n) is 0.831. The summed E-state index contributed by atoms with van der Waals surface area (Å²) in [4.78, 5) is 8.11. The average molecular weight is 197 g/mol. The zero-order valence-corrected chi connectivity index (χ0v) is 8.65. The number of ether oxygens (including phenoxy) is 2. The van der Waals surface area contributed by atoms with Crippen LogP contribution in [0.15, 0.2) is 12.4 Å². The largest absolute Gasteiger partial charge is 0.494 e. The van der Waals surface area contributed by atoms with Crippen LogP contribution in [0.25, 0.3) is 0 Å². The Labute approximate surface area is 83.5 Å². The molecule has 0 saturated carbocycles. The van der Waals surface area contributed by atoms with Crippen LogP contribution in [0.1, 0.15) is 6.92 Å². The SMILES string of the molecule is COc1cnc(NCC(C)OC)nc1. The lowest BCUT2D eigenvalue weighted by Gasteiger charge is -2.10. The predicted molar refractivity (Wildman–Crippen MR) is 53.5 cm³/mol. The highest BCUT2D eigenvalue weighted by Crippen LogP contribution is 2.06. The first-order valence-corrected chi connectivity index (χ1v) is 4.39. The number of anilines is 1. The van der Waals surface area contributed by atoms with E-state index in [1.165, 1.54) is 0 Å². The van der Waals surface area contributed by atoms with Crippen LogP contribution in [0.4, 0.5) is 5.95 Å². The molecule has 78 valence electrons. The molecule has 0 aliphatic heterocycles. The van der Waals surface area contributed by atoms with Gasteiger partial charge in [0.25, 0.3) is 0 Å². The second kappa shape index (κ2) is 5.39. The second-order valence-corrected chi connectivity index (χ2v) is 2.87. The number of nitrogens with one attached hydrogen (secondary N) is 1. The Morgan fingerprint density at radius 2 is 2.00 bits per heavy atom. The van der Waals surface area contributed by atoms with E-state index < -0.39 is 0 Å². The summed E-state index contributed by atoms with van der Waals surface area (Å²) in [6.45, 7) is 2.65. The standard InChI is InChI=1S/C9H15N3O2/c1-7(13-2)4-10-9-11-5-8(14-3)6-12-9/h5-7H,4H2,1-3H3,(H,10,11,12). The van der Waals surface area contributed by atoms with Gasteiger partial charge in [0, 0.05) is 13.7 Å². The zero-order valence-electron chi connectivity index (χ0n) is 8.65. The van der Waals surface area contributed by atoms with Gasteiger partial charge >= 0.3 is 0 Å². The molecule has 1 N–H and O–H groups in total. The summed E-state index contributed by atoms with van der Waals surface area (Å²) in [5, 5.41) is 3.04. The van der Waals surface area contributed by atoms with Gasteiger partial charge in [-0.25, -0.2) is 9.97 Å². The van der Waals surface area contributed by atoms with Crippen molar-refractivity contribution in [2.24, 2.45) is 0 Å². The summed E-state index contributed by atoms with van der Waals surface area (Å²) < 4.78 is 10.0. The van der Waals surface area contributed by atoms with E-state index in [-0.39, 0.29) is 6.10 Å². The molecule has 0 radical (unpaired) electrons. The maximum absolute atomic E-state index is 5.07. The minimum Gasteiger partial charge on any atom is -0.494 e. The molecule has 0 aliphatic rings. The highest BCUT2D eigenvalue weighted by atomic mass is 16.5. The van der Waals surface area contributed by atoms with Crippen molar-refractivity contribution in [3.05, 3.63) is 12.4 Å². The van der Waals surface area contributed by atoms with E-state index in [1.54, 1.807) is 26.6 Å². The van der Waals surface area contributed by atoms with Crippen LogP contribution in [0, 0.1) is 0 Å². The van der Waals surface area contributed by atoms with Crippen LogP contribution in [0.3, 0.4) is 0 Å². The van der Waals surface area contributed by atoms with E-state index in [2.05, 4.69) is 15.3 Å². The Bertz CT molecular complexity index is 263. The maximum atomic E-state index is 5.07. The highest BCUT2D eigenvalue weighted by molar-refractivity contribution is 5.26. The van der Waals surface area contributed by atoms with Gasteiger partial charge in [-0.3, -0.25) is 0 Å². The summed E-state index contributed by atoms with van der Waals surface area (Å²) in [6, 6.07) is 0. The van der Waals surface area contributed by atoms with Gasteiger partial charge in [0.1, 0.15) is 0 Å². The summed E-state index contributed by atoms with van der Waals surface area (Å²) in [6.07, 6.45) is 3.38. The van der Waals surface area contributed by atoms with Gasteiger partial charge in [0.05, 0.1) is 25.6 Å². The molecular formula is C9H15N3O2. The molecule has 1 unspecified atom stereocenters. The highest BCUT2D eigenvalue weighted by Gasteiger charge is 2.00. The number of methoxy groups -OCH3 is 2. The molecule has 5 nitrogen and oxygen atoms in total. The summed E-state index contributed by atoms with van der Waals surface area (Å²) >= 11 is 0. The molecule has 14 heavy (non-hydrogen) atoms. The summed E-state index contributed by atoms with van der Waals surface area (Å²) in [5.74, 6) is 1.23. The molecule has 1 aromatic heterocycles. The third-order valence-corrected chi connectivity index (χ3v) is 1.81. The molecule has 0 bridgehead atoms. The summed E-state index contributed by atoms with van der Waals surface area (Å²) in [7, 11) is 3.25. The average Bonchev–Trinajstić information content (AvgIpc) is 2.26. The number of hydrogen-bond acceptors (Lipinski definition) is 5. The van der Waals surface area contributed by atoms with E-state index in [1.807, 2.05) is 6.92 Å². The fourth-order valence-corrected chi connectivity index (χ4v) is 0.831. The Hall–Kier alpha value is -1.36. The lowest BCUT2D eigenvalue weighted by molar-refractivity contribution is 0.128. The van der Waals surface area contributed by atoms with Crippen LogP contribution >= 0.6 is 0 Å². The summed E-state index contributed by atoms with van der Waals surface area (Å²) in [5.41, 5.74) is 0. The molecule has 0 aromatic carbocycles. The normalized spacial score (nSPS) is 12.2. The molecule has 0 amide bonds. The first kappa shape index (κ1) is 10.7. The lowest BCUT2D eigenvalue weighted by atomic mass is 10.4. The molecule has 1 atom stereocenters. The van der Waals surface area contributed by atoms with Gasteiger partial charge in [0.2, 0.25) is 5.95 Å². The van der Waals surface area contributed by atoms with Gasteiger partial charge in [-0.2, -0.15) is 0 Å². The van der Waals surface area contributed by atoms with Crippen molar-refractivity contribution in [1.29, 1.82) is 0 Å². The first-order chi connectivity index (χ1) is 6.76.